The van der Waals surface area contributed by atoms with Crippen LogP contribution in [0.25, 0.3) is 0 Å². The number of carbonyl (C=O) groups is 1. The van der Waals surface area contributed by atoms with Crippen LogP contribution in [0.2, 0.25) is 0 Å². The summed E-state index contributed by atoms with van der Waals surface area (Å²) in [4.78, 5) is 11.5. The molecular formula is C11H21NO. The Morgan fingerprint density at radius 2 is 2.00 bits per heavy atom. The third kappa shape index (κ3) is 4.11. The van der Waals surface area contributed by atoms with Crippen molar-refractivity contribution in [2.24, 2.45) is 11.3 Å². The quantitative estimate of drug-likeness (QED) is 0.669. The molecule has 0 aliphatic rings. The van der Waals surface area contributed by atoms with E-state index < -0.39 is 0 Å². The number of amides is 1. The van der Waals surface area contributed by atoms with Crippen LogP contribution in [0.5, 0.6) is 0 Å². The van der Waals surface area contributed by atoms with Gasteiger partial charge in [0.25, 0.3) is 0 Å². The van der Waals surface area contributed by atoms with E-state index in [1.807, 2.05) is 19.1 Å². The zero-order valence-corrected chi connectivity index (χ0v) is 9.35. The van der Waals surface area contributed by atoms with Gasteiger partial charge in [0.15, 0.2) is 0 Å². The van der Waals surface area contributed by atoms with Crippen molar-refractivity contribution in [1.29, 1.82) is 0 Å². The molecule has 0 bridgehead atoms. The molecule has 0 spiro atoms. The molecule has 0 saturated heterocycles. The molecule has 0 aliphatic carbocycles. The van der Waals surface area contributed by atoms with Crippen molar-refractivity contribution in [2.75, 3.05) is 7.05 Å². The average molecular weight is 183 g/mol. The second-order valence-electron chi connectivity index (χ2n) is 4.34. The molecule has 76 valence electrons. The third-order valence-corrected chi connectivity index (χ3v) is 2.22. The van der Waals surface area contributed by atoms with Gasteiger partial charge < -0.3 is 5.32 Å². The molecule has 1 N–H and O–H groups in total. The molecular weight excluding hydrogens is 162 g/mol. The van der Waals surface area contributed by atoms with Crippen LogP contribution in [0.1, 0.15) is 34.1 Å². The number of hydrogen-bond acceptors (Lipinski definition) is 1. The molecule has 0 aromatic carbocycles. The maximum atomic E-state index is 11.5. The minimum Gasteiger partial charge on any atom is -0.359 e. The van der Waals surface area contributed by atoms with Crippen LogP contribution in [0.4, 0.5) is 0 Å². The van der Waals surface area contributed by atoms with Crippen molar-refractivity contribution in [3.8, 4) is 0 Å². The van der Waals surface area contributed by atoms with Crippen molar-refractivity contribution in [3.05, 3.63) is 12.2 Å². The van der Waals surface area contributed by atoms with Crippen molar-refractivity contribution in [1.82, 2.24) is 5.32 Å². The molecule has 13 heavy (non-hydrogen) atoms. The summed E-state index contributed by atoms with van der Waals surface area (Å²) >= 11 is 0. The molecule has 0 saturated carbocycles. The summed E-state index contributed by atoms with van der Waals surface area (Å²) < 4.78 is 0. The van der Waals surface area contributed by atoms with Gasteiger partial charge in [-0.3, -0.25) is 4.79 Å². The first-order chi connectivity index (χ1) is 5.93. The molecule has 0 heterocycles. The van der Waals surface area contributed by atoms with Gasteiger partial charge in [0.05, 0.1) is 0 Å². The van der Waals surface area contributed by atoms with Crippen LogP contribution in [-0.2, 0) is 4.79 Å². The average Bonchev–Trinajstić information content (AvgIpc) is 2.02. The monoisotopic (exact) mass is 183 g/mol. The lowest BCUT2D eigenvalue weighted by Crippen LogP contribution is -2.35. The zero-order chi connectivity index (χ0) is 10.5. The Labute approximate surface area is 81.4 Å². The van der Waals surface area contributed by atoms with Crippen LogP contribution in [-0.4, -0.2) is 13.0 Å². The Morgan fingerprint density at radius 3 is 2.31 bits per heavy atom. The van der Waals surface area contributed by atoms with Gasteiger partial charge in [0.2, 0.25) is 5.91 Å². The van der Waals surface area contributed by atoms with E-state index in [0.29, 0.717) is 0 Å². The summed E-state index contributed by atoms with van der Waals surface area (Å²) in [5, 5.41) is 2.71. The van der Waals surface area contributed by atoms with E-state index in [1.165, 1.54) is 0 Å². The van der Waals surface area contributed by atoms with Gasteiger partial charge in [-0.2, -0.15) is 0 Å². The number of nitrogens with one attached hydrogen (secondary N) is 1. The Hall–Kier alpha value is -0.790. The Kier molecular flexibility index (Phi) is 4.74. The molecule has 0 fully saturated rings. The first-order valence-corrected chi connectivity index (χ1v) is 4.76. The molecule has 0 aromatic heterocycles. The summed E-state index contributed by atoms with van der Waals surface area (Å²) in [5.74, 6) is 0.194. The Bertz CT molecular complexity index is 189. The minimum atomic E-state index is 0.0274. The predicted octanol–water partition coefficient (Wildman–Crippen LogP) is 2.36. The predicted molar refractivity (Wildman–Crippen MR) is 56.4 cm³/mol. The second-order valence-corrected chi connectivity index (χ2v) is 4.34. The highest BCUT2D eigenvalue weighted by Crippen LogP contribution is 2.29. The molecule has 0 radical (unpaired) electrons. The van der Waals surface area contributed by atoms with Gasteiger partial charge in [-0.05, 0) is 18.8 Å². The number of hydrogen-bond donors (Lipinski definition) is 1. The first-order valence-electron chi connectivity index (χ1n) is 4.76. The summed E-state index contributed by atoms with van der Waals surface area (Å²) in [5.41, 5.74) is 0.0274. The van der Waals surface area contributed by atoms with Gasteiger partial charge in [0.1, 0.15) is 0 Å². The van der Waals surface area contributed by atoms with Gasteiger partial charge in [-0.15, -0.1) is 0 Å². The Morgan fingerprint density at radius 1 is 1.46 bits per heavy atom. The fraction of sp³-hybridized carbons (Fsp3) is 0.727. The maximum Gasteiger partial charge on any atom is 0.223 e. The van der Waals surface area contributed by atoms with E-state index in [-0.39, 0.29) is 17.2 Å². The van der Waals surface area contributed by atoms with Crippen molar-refractivity contribution >= 4 is 5.91 Å². The number of rotatable bonds is 3. The summed E-state index contributed by atoms with van der Waals surface area (Å²) in [6, 6.07) is 0. The molecule has 2 heteroatoms. The lowest BCUT2D eigenvalue weighted by molar-refractivity contribution is -0.127. The van der Waals surface area contributed by atoms with Gasteiger partial charge in [-0.1, -0.05) is 32.9 Å². The van der Waals surface area contributed by atoms with Crippen molar-refractivity contribution in [2.45, 2.75) is 34.1 Å². The number of carbonyl (C=O) groups excluding carboxylic acids is 1. The van der Waals surface area contributed by atoms with Crippen LogP contribution in [0, 0.1) is 11.3 Å². The molecule has 0 rings (SSSR count). The smallest absolute Gasteiger partial charge is 0.223 e. The van der Waals surface area contributed by atoms with E-state index in [2.05, 4.69) is 26.1 Å². The fourth-order valence-electron chi connectivity index (χ4n) is 1.30. The lowest BCUT2D eigenvalue weighted by Gasteiger charge is -2.28. The largest absolute Gasteiger partial charge is 0.359 e. The highest BCUT2D eigenvalue weighted by Gasteiger charge is 2.29. The van der Waals surface area contributed by atoms with Crippen LogP contribution in [0.15, 0.2) is 12.2 Å². The van der Waals surface area contributed by atoms with Gasteiger partial charge in [0, 0.05) is 13.0 Å². The molecule has 1 unspecified atom stereocenters. The van der Waals surface area contributed by atoms with Gasteiger partial charge in [-0.25, -0.2) is 0 Å². The maximum absolute atomic E-state index is 11.5. The molecule has 0 aromatic rings. The highest BCUT2D eigenvalue weighted by atomic mass is 16.1. The normalized spacial score (nSPS) is 14.5. The standard InChI is InChI=1S/C11H21NO/c1-6-7-8-9(10(13)12-5)11(2,3)4/h6-7,9H,8H2,1-5H3,(H,12,13)/b7-6+. The summed E-state index contributed by atoms with van der Waals surface area (Å²) in [7, 11) is 1.69. The first kappa shape index (κ1) is 12.2. The lowest BCUT2D eigenvalue weighted by atomic mass is 9.78. The van der Waals surface area contributed by atoms with Crippen LogP contribution < -0.4 is 5.32 Å². The van der Waals surface area contributed by atoms with Crippen molar-refractivity contribution < 1.29 is 4.79 Å². The van der Waals surface area contributed by atoms with Crippen molar-refractivity contribution in [3.63, 3.8) is 0 Å². The highest BCUT2D eigenvalue weighted by molar-refractivity contribution is 5.79. The van der Waals surface area contributed by atoms with E-state index in [4.69, 9.17) is 0 Å². The molecule has 0 aliphatic heterocycles. The zero-order valence-electron chi connectivity index (χ0n) is 9.35. The van der Waals surface area contributed by atoms with E-state index in [1.54, 1.807) is 7.05 Å². The summed E-state index contributed by atoms with van der Waals surface area (Å²) in [6.45, 7) is 8.26. The van der Waals surface area contributed by atoms with Gasteiger partial charge >= 0.3 is 0 Å². The molecule has 1 atom stereocenters. The Balaban J connectivity index is 4.46. The molecule has 1 amide bonds. The SMILES string of the molecule is C/C=C/CC(C(=O)NC)C(C)(C)C. The van der Waals surface area contributed by atoms with Crippen LogP contribution >= 0.6 is 0 Å². The minimum absolute atomic E-state index is 0.0274. The topological polar surface area (TPSA) is 29.1 Å². The molecule has 2 nitrogen and oxygen atoms in total. The second kappa shape index (κ2) is 5.05. The fourth-order valence-corrected chi connectivity index (χ4v) is 1.30. The van der Waals surface area contributed by atoms with Crippen LogP contribution in [0.3, 0.4) is 0 Å². The van der Waals surface area contributed by atoms with E-state index >= 15 is 0 Å². The summed E-state index contributed by atoms with van der Waals surface area (Å²) in [6.07, 6.45) is 4.85. The number of allylic oxidation sites excluding steroid dienone is 2. The van der Waals surface area contributed by atoms with E-state index in [0.717, 1.165) is 6.42 Å². The van der Waals surface area contributed by atoms with E-state index in [9.17, 15) is 4.79 Å². The third-order valence-electron chi connectivity index (χ3n) is 2.22.